The van der Waals surface area contributed by atoms with Crippen molar-refractivity contribution in [3.8, 4) is 16.9 Å². The molecule has 1 fully saturated rings. The minimum absolute atomic E-state index is 0.200. The Hall–Kier alpha value is -2.98. The van der Waals surface area contributed by atoms with Crippen molar-refractivity contribution < 1.29 is 18.7 Å². The number of hydrogen-bond acceptors (Lipinski definition) is 3. The first kappa shape index (κ1) is 26.6. The fraction of sp³-hybridized carbons (Fsp3) is 0.387. The molecule has 3 aromatic rings. The number of rotatable bonds is 8. The lowest BCUT2D eigenvalue weighted by atomic mass is 9.94. The quantitative estimate of drug-likeness (QED) is 0.310. The predicted molar refractivity (Wildman–Crippen MR) is 140 cm³/mol. The molecule has 0 aromatic heterocycles. The number of benzene rings is 3. The average molecular weight is 477 g/mol. The van der Waals surface area contributed by atoms with Crippen LogP contribution in [0.2, 0.25) is 0 Å². The van der Waals surface area contributed by atoms with E-state index in [-0.39, 0.29) is 11.9 Å². The van der Waals surface area contributed by atoms with Gasteiger partial charge < -0.3 is 14.3 Å². The molecule has 1 aliphatic carbocycles. The van der Waals surface area contributed by atoms with E-state index in [4.69, 9.17) is 14.3 Å². The number of hydrogen-bond donors (Lipinski definition) is 0. The lowest BCUT2D eigenvalue weighted by Crippen LogP contribution is -2.28. The summed E-state index contributed by atoms with van der Waals surface area (Å²) in [7, 11) is 0. The average Bonchev–Trinajstić information content (AvgIpc) is 2.86. The lowest BCUT2D eigenvalue weighted by Gasteiger charge is -2.29. The van der Waals surface area contributed by atoms with Crippen LogP contribution < -0.4 is 4.74 Å². The van der Waals surface area contributed by atoms with Gasteiger partial charge in [0.25, 0.3) is 0 Å². The van der Waals surface area contributed by atoms with Crippen molar-refractivity contribution in [3.05, 3.63) is 89.2 Å². The molecular formula is C31H37FO3. The Morgan fingerprint density at radius 1 is 0.914 bits per heavy atom. The van der Waals surface area contributed by atoms with Gasteiger partial charge in [-0.3, -0.25) is 0 Å². The highest BCUT2D eigenvalue weighted by atomic mass is 19.1. The van der Waals surface area contributed by atoms with Crippen LogP contribution in [-0.4, -0.2) is 18.5 Å². The van der Waals surface area contributed by atoms with Gasteiger partial charge >= 0.3 is 0 Å². The topological polar surface area (TPSA) is 35.5 Å². The second kappa shape index (κ2) is 13.8. The highest BCUT2D eigenvalue weighted by Crippen LogP contribution is 2.32. The first-order valence-electron chi connectivity index (χ1n) is 12.7. The molecule has 186 valence electrons. The standard InChI is InChI=1S/C29H33FO2.C2H4O/c1-3-7-22-12-13-28(19-29(22)23-10-6-11-25(30)18-23)32-27-16-14-26(15-17-27)31-20-24-9-5-4-8-21(24)2;1-2-3/h4-6,8-13,18-19,26-27H,3,7,14-17,20H2,1-2H3;2H,1H3. The Labute approximate surface area is 209 Å². The summed E-state index contributed by atoms with van der Waals surface area (Å²) in [6.07, 6.45) is 7.27. The van der Waals surface area contributed by atoms with Gasteiger partial charge in [0.1, 0.15) is 17.9 Å². The minimum atomic E-state index is -0.208. The van der Waals surface area contributed by atoms with Gasteiger partial charge in [0, 0.05) is 0 Å². The third kappa shape index (κ3) is 8.03. The molecule has 3 aromatic carbocycles. The largest absolute Gasteiger partial charge is 0.490 e. The molecule has 0 bridgehead atoms. The molecule has 0 unspecified atom stereocenters. The van der Waals surface area contributed by atoms with E-state index in [2.05, 4.69) is 56.3 Å². The van der Waals surface area contributed by atoms with Crippen LogP contribution >= 0.6 is 0 Å². The van der Waals surface area contributed by atoms with Crippen molar-refractivity contribution in [1.82, 2.24) is 0 Å². The number of carbonyl (C=O) groups is 1. The SMILES string of the molecule is CC=O.CCCc1ccc(OC2CCC(OCc3ccccc3C)CC2)cc1-c1cccc(F)c1. The molecule has 0 radical (unpaired) electrons. The molecule has 0 atom stereocenters. The molecular weight excluding hydrogens is 439 g/mol. The van der Waals surface area contributed by atoms with Crippen LogP contribution in [0.3, 0.4) is 0 Å². The van der Waals surface area contributed by atoms with Crippen molar-refractivity contribution in [2.75, 3.05) is 0 Å². The fourth-order valence-electron chi connectivity index (χ4n) is 4.53. The van der Waals surface area contributed by atoms with E-state index in [0.29, 0.717) is 12.7 Å². The molecule has 0 N–H and O–H groups in total. The summed E-state index contributed by atoms with van der Waals surface area (Å²) in [5.74, 6) is 0.661. The van der Waals surface area contributed by atoms with Gasteiger partial charge in [-0.15, -0.1) is 0 Å². The molecule has 0 saturated heterocycles. The summed E-state index contributed by atoms with van der Waals surface area (Å²) in [4.78, 5) is 8.81. The van der Waals surface area contributed by atoms with Gasteiger partial charge in [0.05, 0.1) is 18.8 Å². The molecule has 0 aliphatic heterocycles. The minimum Gasteiger partial charge on any atom is -0.490 e. The van der Waals surface area contributed by atoms with Gasteiger partial charge in [-0.25, -0.2) is 4.39 Å². The van der Waals surface area contributed by atoms with Crippen LogP contribution in [0.15, 0.2) is 66.7 Å². The maximum absolute atomic E-state index is 13.8. The zero-order valence-electron chi connectivity index (χ0n) is 21.1. The summed E-state index contributed by atoms with van der Waals surface area (Å²) < 4.78 is 26.4. The molecule has 0 amide bonds. The van der Waals surface area contributed by atoms with Gasteiger partial charge in [-0.1, -0.05) is 55.8 Å². The molecule has 35 heavy (non-hydrogen) atoms. The molecule has 1 aliphatic rings. The maximum atomic E-state index is 13.8. The molecule has 1 saturated carbocycles. The predicted octanol–water partition coefficient (Wildman–Crippen LogP) is 7.87. The van der Waals surface area contributed by atoms with Gasteiger partial charge in [0.2, 0.25) is 0 Å². The van der Waals surface area contributed by atoms with E-state index in [0.717, 1.165) is 61.7 Å². The van der Waals surface area contributed by atoms with E-state index < -0.39 is 0 Å². The highest BCUT2D eigenvalue weighted by molar-refractivity contribution is 5.69. The Bertz CT molecular complexity index is 1070. The Morgan fingerprint density at radius 2 is 1.63 bits per heavy atom. The highest BCUT2D eigenvalue weighted by Gasteiger charge is 2.23. The van der Waals surface area contributed by atoms with Crippen LogP contribution in [-0.2, 0) is 22.6 Å². The zero-order valence-corrected chi connectivity index (χ0v) is 21.1. The first-order valence-corrected chi connectivity index (χ1v) is 12.7. The number of ether oxygens (including phenoxy) is 2. The van der Waals surface area contributed by atoms with Crippen molar-refractivity contribution in [2.45, 2.75) is 78.1 Å². The zero-order chi connectivity index (χ0) is 25.0. The van der Waals surface area contributed by atoms with Crippen LogP contribution in [0.25, 0.3) is 11.1 Å². The summed E-state index contributed by atoms with van der Waals surface area (Å²) in [5.41, 5.74) is 5.76. The van der Waals surface area contributed by atoms with Crippen molar-refractivity contribution >= 4 is 6.29 Å². The normalized spacial score (nSPS) is 17.3. The van der Waals surface area contributed by atoms with E-state index in [9.17, 15) is 4.39 Å². The van der Waals surface area contributed by atoms with Crippen molar-refractivity contribution in [3.63, 3.8) is 0 Å². The number of carbonyl (C=O) groups excluding carboxylic acids is 1. The summed E-state index contributed by atoms with van der Waals surface area (Å²) in [6, 6.07) is 21.5. The first-order chi connectivity index (χ1) is 17.0. The van der Waals surface area contributed by atoms with Gasteiger partial charge in [-0.2, -0.15) is 0 Å². The fourth-order valence-corrected chi connectivity index (χ4v) is 4.53. The van der Waals surface area contributed by atoms with Crippen LogP contribution in [0.5, 0.6) is 5.75 Å². The Balaban J connectivity index is 0.00000108. The number of aryl methyl sites for hydroxylation is 2. The number of halogens is 1. The third-order valence-corrected chi connectivity index (χ3v) is 6.40. The molecule has 4 rings (SSSR count). The number of aldehydes is 1. The van der Waals surface area contributed by atoms with E-state index in [1.165, 1.54) is 29.7 Å². The Morgan fingerprint density at radius 3 is 2.31 bits per heavy atom. The summed E-state index contributed by atoms with van der Waals surface area (Å²) in [5, 5.41) is 0. The van der Waals surface area contributed by atoms with Crippen LogP contribution in [0.1, 0.15) is 62.6 Å². The van der Waals surface area contributed by atoms with Gasteiger partial charge in [0.15, 0.2) is 0 Å². The van der Waals surface area contributed by atoms with Gasteiger partial charge in [-0.05, 0) is 98.0 Å². The second-order valence-electron chi connectivity index (χ2n) is 9.07. The summed E-state index contributed by atoms with van der Waals surface area (Å²) in [6.45, 7) is 6.42. The maximum Gasteiger partial charge on any atom is 0.123 e. The second-order valence-corrected chi connectivity index (χ2v) is 9.07. The molecule has 4 heteroatoms. The molecule has 0 spiro atoms. The van der Waals surface area contributed by atoms with E-state index in [1.807, 2.05) is 6.07 Å². The van der Waals surface area contributed by atoms with Crippen LogP contribution in [0, 0.1) is 12.7 Å². The summed E-state index contributed by atoms with van der Waals surface area (Å²) >= 11 is 0. The monoisotopic (exact) mass is 476 g/mol. The molecule has 3 nitrogen and oxygen atoms in total. The molecule has 0 heterocycles. The smallest absolute Gasteiger partial charge is 0.123 e. The van der Waals surface area contributed by atoms with Crippen molar-refractivity contribution in [1.29, 1.82) is 0 Å². The Kier molecular flexibility index (Phi) is 10.5. The van der Waals surface area contributed by atoms with E-state index >= 15 is 0 Å². The lowest BCUT2D eigenvalue weighted by molar-refractivity contribution is -0.106. The van der Waals surface area contributed by atoms with Crippen LogP contribution in [0.4, 0.5) is 4.39 Å². The third-order valence-electron chi connectivity index (χ3n) is 6.40. The van der Waals surface area contributed by atoms with Crippen molar-refractivity contribution in [2.24, 2.45) is 0 Å². The van der Waals surface area contributed by atoms with E-state index in [1.54, 1.807) is 12.1 Å².